The molecule has 0 radical (unpaired) electrons. The Labute approximate surface area is 103 Å². The summed E-state index contributed by atoms with van der Waals surface area (Å²) in [7, 11) is 0. The highest BCUT2D eigenvalue weighted by atomic mass is 16.3. The summed E-state index contributed by atoms with van der Waals surface area (Å²) < 4.78 is 0. The highest BCUT2D eigenvalue weighted by Crippen LogP contribution is 2.42. The number of rotatable bonds is 3. The summed E-state index contributed by atoms with van der Waals surface area (Å²) >= 11 is 0. The molecule has 2 N–H and O–H groups in total. The quantitative estimate of drug-likeness (QED) is 0.787. The topological polar surface area (TPSA) is 40.5 Å². The summed E-state index contributed by atoms with van der Waals surface area (Å²) in [5.41, 5.74) is 3.48. The van der Waals surface area contributed by atoms with Gasteiger partial charge in [0.25, 0.3) is 0 Å². The molecule has 0 bridgehead atoms. The molecule has 0 heterocycles. The standard InChI is InChI=1S/C15H20O2/c1-11(10-16)9-15(2)7-3-4-12-8-13(17)5-6-14(12)15/h5-6,8,16-17H,1,3-4,7,9-10H2,2H3. The van der Waals surface area contributed by atoms with Crippen molar-refractivity contribution in [3.05, 3.63) is 41.5 Å². The van der Waals surface area contributed by atoms with Crippen molar-refractivity contribution in [1.29, 1.82) is 0 Å². The van der Waals surface area contributed by atoms with Crippen LogP contribution >= 0.6 is 0 Å². The second-order valence-corrected chi connectivity index (χ2v) is 5.34. The number of hydrogen-bond acceptors (Lipinski definition) is 2. The minimum absolute atomic E-state index is 0.0566. The Morgan fingerprint density at radius 1 is 1.47 bits per heavy atom. The third-order valence-electron chi connectivity index (χ3n) is 3.78. The van der Waals surface area contributed by atoms with E-state index in [-0.39, 0.29) is 12.0 Å². The zero-order valence-corrected chi connectivity index (χ0v) is 10.4. The van der Waals surface area contributed by atoms with E-state index in [1.165, 1.54) is 11.1 Å². The molecule has 2 rings (SSSR count). The van der Waals surface area contributed by atoms with Crippen LogP contribution in [0.2, 0.25) is 0 Å². The van der Waals surface area contributed by atoms with Gasteiger partial charge in [-0.25, -0.2) is 0 Å². The van der Waals surface area contributed by atoms with E-state index < -0.39 is 0 Å². The lowest BCUT2D eigenvalue weighted by molar-refractivity contribution is 0.306. The molecule has 1 aliphatic rings. The number of hydrogen-bond donors (Lipinski definition) is 2. The molecule has 1 aromatic carbocycles. The summed E-state index contributed by atoms with van der Waals surface area (Å²) in [6.45, 7) is 6.19. The van der Waals surface area contributed by atoms with Gasteiger partial charge < -0.3 is 10.2 Å². The molecule has 1 unspecified atom stereocenters. The summed E-state index contributed by atoms with van der Waals surface area (Å²) in [6.07, 6.45) is 4.10. The van der Waals surface area contributed by atoms with Gasteiger partial charge in [0.15, 0.2) is 0 Å². The average Bonchev–Trinajstić information content (AvgIpc) is 2.28. The van der Waals surface area contributed by atoms with Gasteiger partial charge in [-0.05, 0) is 54.4 Å². The van der Waals surface area contributed by atoms with E-state index in [1.54, 1.807) is 6.07 Å². The Balaban J connectivity index is 2.36. The summed E-state index contributed by atoms with van der Waals surface area (Å²) in [5, 5.41) is 18.7. The van der Waals surface area contributed by atoms with E-state index >= 15 is 0 Å². The van der Waals surface area contributed by atoms with Gasteiger partial charge in [-0.3, -0.25) is 0 Å². The largest absolute Gasteiger partial charge is 0.508 e. The minimum atomic E-state index is 0.0566. The van der Waals surface area contributed by atoms with Gasteiger partial charge in [0.2, 0.25) is 0 Å². The molecule has 92 valence electrons. The van der Waals surface area contributed by atoms with Gasteiger partial charge in [0, 0.05) is 0 Å². The molecule has 0 saturated carbocycles. The smallest absolute Gasteiger partial charge is 0.115 e. The van der Waals surface area contributed by atoms with Gasteiger partial charge in [-0.1, -0.05) is 25.1 Å². The fraction of sp³-hybridized carbons (Fsp3) is 0.467. The number of aryl methyl sites for hydroxylation is 1. The van der Waals surface area contributed by atoms with Crippen LogP contribution < -0.4 is 0 Å². The SMILES string of the molecule is C=C(CO)CC1(C)CCCc2cc(O)ccc21. The molecule has 1 atom stereocenters. The van der Waals surface area contributed by atoms with Gasteiger partial charge in [-0.15, -0.1) is 0 Å². The van der Waals surface area contributed by atoms with Crippen LogP contribution in [0.15, 0.2) is 30.4 Å². The summed E-state index contributed by atoms with van der Waals surface area (Å²) in [6, 6.07) is 5.65. The third kappa shape index (κ3) is 2.37. The molecule has 0 aliphatic heterocycles. The van der Waals surface area contributed by atoms with Crippen molar-refractivity contribution >= 4 is 0 Å². The fourth-order valence-corrected chi connectivity index (χ4v) is 2.97. The van der Waals surface area contributed by atoms with Crippen molar-refractivity contribution in [3.8, 4) is 5.75 Å². The molecular weight excluding hydrogens is 212 g/mol. The molecule has 1 aromatic rings. The number of aromatic hydroxyl groups is 1. The minimum Gasteiger partial charge on any atom is -0.508 e. The van der Waals surface area contributed by atoms with Crippen molar-refractivity contribution in [2.45, 2.75) is 38.0 Å². The zero-order valence-electron chi connectivity index (χ0n) is 10.4. The normalized spacial score (nSPS) is 23.2. The Kier molecular flexibility index (Phi) is 3.25. The van der Waals surface area contributed by atoms with Crippen LogP contribution in [0.25, 0.3) is 0 Å². The lowest BCUT2D eigenvalue weighted by Gasteiger charge is -2.36. The molecule has 0 saturated heterocycles. The molecule has 1 aliphatic carbocycles. The predicted octanol–water partition coefficient (Wildman–Crippen LogP) is 2.92. The van der Waals surface area contributed by atoms with Gasteiger partial charge in [0.05, 0.1) is 6.61 Å². The van der Waals surface area contributed by atoms with Gasteiger partial charge >= 0.3 is 0 Å². The first-order chi connectivity index (χ1) is 8.05. The second kappa shape index (κ2) is 4.53. The summed E-state index contributed by atoms with van der Waals surface area (Å²) in [4.78, 5) is 0. The van der Waals surface area contributed by atoms with Crippen molar-refractivity contribution in [3.63, 3.8) is 0 Å². The molecule has 0 spiro atoms. The first kappa shape index (κ1) is 12.2. The van der Waals surface area contributed by atoms with E-state index in [1.807, 2.05) is 12.1 Å². The van der Waals surface area contributed by atoms with E-state index in [0.717, 1.165) is 31.3 Å². The lowest BCUT2D eigenvalue weighted by Crippen LogP contribution is -2.28. The van der Waals surface area contributed by atoms with Crippen molar-refractivity contribution in [1.82, 2.24) is 0 Å². The Morgan fingerprint density at radius 2 is 2.24 bits per heavy atom. The van der Waals surface area contributed by atoms with Crippen LogP contribution in [0, 0.1) is 0 Å². The van der Waals surface area contributed by atoms with Crippen molar-refractivity contribution in [2.75, 3.05) is 6.61 Å². The van der Waals surface area contributed by atoms with Crippen molar-refractivity contribution < 1.29 is 10.2 Å². The Hall–Kier alpha value is -1.28. The van der Waals surface area contributed by atoms with Crippen molar-refractivity contribution in [2.24, 2.45) is 0 Å². The Bertz CT molecular complexity index is 437. The monoisotopic (exact) mass is 232 g/mol. The molecule has 2 heteroatoms. The van der Waals surface area contributed by atoms with Gasteiger partial charge in [0.1, 0.15) is 5.75 Å². The lowest BCUT2D eigenvalue weighted by atomic mass is 9.68. The third-order valence-corrected chi connectivity index (χ3v) is 3.78. The van der Waals surface area contributed by atoms with Crippen LogP contribution in [0.1, 0.15) is 37.3 Å². The maximum absolute atomic E-state index is 9.53. The first-order valence-corrected chi connectivity index (χ1v) is 6.15. The predicted molar refractivity (Wildman–Crippen MR) is 69.2 cm³/mol. The molecule has 0 aromatic heterocycles. The maximum Gasteiger partial charge on any atom is 0.115 e. The van der Waals surface area contributed by atoms with Gasteiger partial charge in [-0.2, -0.15) is 0 Å². The number of benzene rings is 1. The van der Waals surface area contributed by atoms with Crippen LogP contribution in [-0.4, -0.2) is 16.8 Å². The molecule has 17 heavy (non-hydrogen) atoms. The van der Waals surface area contributed by atoms with E-state index in [4.69, 9.17) is 5.11 Å². The van der Waals surface area contributed by atoms with Crippen LogP contribution in [0.3, 0.4) is 0 Å². The maximum atomic E-state index is 9.53. The number of phenolic OH excluding ortho intramolecular Hbond substituents is 1. The number of phenols is 1. The second-order valence-electron chi connectivity index (χ2n) is 5.34. The molecular formula is C15H20O2. The zero-order chi connectivity index (χ0) is 12.5. The number of fused-ring (bicyclic) bond motifs is 1. The first-order valence-electron chi connectivity index (χ1n) is 6.15. The molecule has 0 fully saturated rings. The van der Waals surface area contributed by atoms with E-state index in [2.05, 4.69) is 13.5 Å². The summed E-state index contributed by atoms with van der Waals surface area (Å²) in [5.74, 6) is 0.342. The Morgan fingerprint density at radius 3 is 2.94 bits per heavy atom. The van der Waals surface area contributed by atoms with Crippen LogP contribution in [-0.2, 0) is 11.8 Å². The molecule has 0 amide bonds. The van der Waals surface area contributed by atoms with E-state index in [0.29, 0.717) is 5.75 Å². The molecule has 2 nitrogen and oxygen atoms in total. The number of aliphatic hydroxyl groups excluding tert-OH is 1. The van der Waals surface area contributed by atoms with E-state index in [9.17, 15) is 5.11 Å². The highest BCUT2D eigenvalue weighted by Gasteiger charge is 2.32. The average molecular weight is 232 g/mol. The number of aliphatic hydroxyl groups is 1. The van der Waals surface area contributed by atoms with Crippen LogP contribution in [0.5, 0.6) is 5.75 Å². The highest BCUT2D eigenvalue weighted by molar-refractivity contribution is 5.42. The van der Waals surface area contributed by atoms with Crippen LogP contribution in [0.4, 0.5) is 0 Å². The fourth-order valence-electron chi connectivity index (χ4n) is 2.97.